The number of rotatable bonds is 9. The molecule has 0 bridgehead atoms. The fourth-order valence-corrected chi connectivity index (χ4v) is 1.86. The van der Waals surface area contributed by atoms with Gasteiger partial charge in [-0.1, -0.05) is 6.08 Å². The van der Waals surface area contributed by atoms with E-state index in [2.05, 4.69) is 25.7 Å². The number of methoxy groups -OCH3 is 1. The minimum absolute atomic E-state index is 0.650. The van der Waals surface area contributed by atoms with Crippen LogP contribution in [0.25, 0.3) is 0 Å². The maximum atomic E-state index is 5.85. The van der Waals surface area contributed by atoms with E-state index in [0.717, 1.165) is 43.1 Å². The smallest absolute Gasteiger partial charge is 0.123 e. The molecule has 0 aliphatic heterocycles. The molecule has 0 radical (unpaired) electrons. The molecule has 0 saturated heterocycles. The topological polar surface area (TPSA) is 35.1 Å². The summed E-state index contributed by atoms with van der Waals surface area (Å²) >= 11 is 0. The van der Waals surface area contributed by atoms with E-state index in [0.29, 0.717) is 6.04 Å². The van der Waals surface area contributed by atoms with E-state index in [-0.39, 0.29) is 0 Å². The zero-order valence-electron chi connectivity index (χ0n) is 12.3. The Kier molecular flexibility index (Phi) is 7.04. The van der Waals surface area contributed by atoms with Gasteiger partial charge in [-0.3, -0.25) is 0 Å². The SMILES string of the molecule is C=CCc1cc(OC)ccc1OCCC[NH2+]C(C)C. The lowest BCUT2D eigenvalue weighted by molar-refractivity contribution is -0.683. The van der Waals surface area contributed by atoms with Gasteiger partial charge in [0.2, 0.25) is 0 Å². The van der Waals surface area contributed by atoms with Crippen LogP contribution in [-0.2, 0) is 6.42 Å². The highest BCUT2D eigenvalue weighted by atomic mass is 16.5. The molecule has 1 rings (SSSR count). The standard InChI is InChI=1S/C16H25NO2/c1-5-7-14-12-15(18-4)8-9-16(14)19-11-6-10-17-13(2)3/h5,8-9,12-13,17H,1,6-7,10-11H2,2-4H3/p+1. The Morgan fingerprint density at radius 2 is 2.16 bits per heavy atom. The first-order chi connectivity index (χ1) is 9.17. The van der Waals surface area contributed by atoms with Gasteiger partial charge in [-0.15, -0.1) is 6.58 Å². The summed E-state index contributed by atoms with van der Waals surface area (Å²) in [5.41, 5.74) is 1.13. The van der Waals surface area contributed by atoms with E-state index in [9.17, 15) is 0 Å². The van der Waals surface area contributed by atoms with E-state index < -0.39 is 0 Å². The van der Waals surface area contributed by atoms with Crippen molar-refractivity contribution in [3.63, 3.8) is 0 Å². The molecule has 106 valence electrons. The van der Waals surface area contributed by atoms with Gasteiger partial charge in [0.15, 0.2) is 0 Å². The summed E-state index contributed by atoms with van der Waals surface area (Å²) in [7, 11) is 1.68. The van der Waals surface area contributed by atoms with Crippen LogP contribution in [0.5, 0.6) is 11.5 Å². The van der Waals surface area contributed by atoms with E-state index in [1.165, 1.54) is 0 Å². The van der Waals surface area contributed by atoms with Crippen molar-refractivity contribution in [3.8, 4) is 11.5 Å². The second-order valence-corrected chi connectivity index (χ2v) is 4.94. The summed E-state index contributed by atoms with van der Waals surface area (Å²) in [4.78, 5) is 0. The Morgan fingerprint density at radius 1 is 1.37 bits per heavy atom. The Hall–Kier alpha value is -1.48. The molecule has 2 N–H and O–H groups in total. The Bertz CT molecular complexity index is 388. The van der Waals surface area contributed by atoms with Gasteiger partial charge in [-0.2, -0.15) is 0 Å². The van der Waals surface area contributed by atoms with Gasteiger partial charge in [0.1, 0.15) is 11.5 Å². The molecule has 0 unspecified atom stereocenters. The Balaban J connectivity index is 2.49. The number of ether oxygens (including phenoxy) is 2. The van der Waals surface area contributed by atoms with Crippen molar-refractivity contribution in [2.75, 3.05) is 20.3 Å². The number of quaternary nitrogens is 1. The molecule has 1 aromatic carbocycles. The summed E-state index contributed by atoms with van der Waals surface area (Å²) in [6.07, 6.45) is 3.73. The third-order valence-corrected chi connectivity index (χ3v) is 2.88. The minimum atomic E-state index is 0.650. The van der Waals surface area contributed by atoms with Crippen LogP contribution in [0.3, 0.4) is 0 Å². The molecule has 0 aromatic heterocycles. The minimum Gasteiger partial charge on any atom is -0.497 e. The van der Waals surface area contributed by atoms with E-state index in [1.54, 1.807) is 7.11 Å². The zero-order valence-corrected chi connectivity index (χ0v) is 12.3. The molecule has 3 heteroatoms. The van der Waals surface area contributed by atoms with Crippen molar-refractivity contribution in [2.24, 2.45) is 0 Å². The molecule has 0 amide bonds. The Morgan fingerprint density at radius 3 is 2.79 bits per heavy atom. The molecule has 0 aliphatic rings. The average Bonchev–Trinajstić information content (AvgIpc) is 2.39. The lowest BCUT2D eigenvalue weighted by Crippen LogP contribution is -2.88. The van der Waals surface area contributed by atoms with Crippen LogP contribution in [0.4, 0.5) is 0 Å². The molecule has 0 heterocycles. The second-order valence-electron chi connectivity index (χ2n) is 4.94. The summed E-state index contributed by atoms with van der Waals surface area (Å²) in [6, 6.07) is 6.57. The van der Waals surface area contributed by atoms with Crippen LogP contribution in [-0.4, -0.2) is 26.3 Å². The quantitative estimate of drug-likeness (QED) is 0.548. The van der Waals surface area contributed by atoms with Crippen LogP contribution < -0.4 is 14.8 Å². The lowest BCUT2D eigenvalue weighted by atomic mass is 10.1. The maximum absolute atomic E-state index is 5.85. The molecule has 0 aliphatic carbocycles. The van der Waals surface area contributed by atoms with Gasteiger partial charge in [0.05, 0.1) is 26.3 Å². The monoisotopic (exact) mass is 264 g/mol. The van der Waals surface area contributed by atoms with Crippen LogP contribution in [0, 0.1) is 0 Å². The van der Waals surface area contributed by atoms with Crippen molar-refractivity contribution in [3.05, 3.63) is 36.4 Å². The molecular weight excluding hydrogens is 238 g/mol. The molecule has 3 nitrogen and oxygen atoms in total. The number of benzene rings is 1. The van der Waals surface area contributed by atoms with Crippen molar-refractivity contribution in [1.29, 1.82) is 0 Å². The largest absolute Gasteiger partial charge is 0.497 e. The van der Waals surface area contributed by atoms with Crippen LogP contribution >= 0.6 is 0 Å². The second kappa shape index (κ2) is 8.59. The van der Waals surface area contributed by atoms with E-state index >= 15 is 0 Å². The molecule has 0 saturated carbocycles. The Labute approximate surface area is 116 Å². The molecule has 0 atom stereocenters. The van der Waals surface area contributed by atoms with Crippen molar-refractivity contribution >= 4 is 0 Å². The van der Waals surface area contributed by atoms with Crippen LogP contribution in [0.1, 0.15) is 25.8 Å². The first-order valence-corrected chi connectivity index (χ1v) is 6.91. The van der Waals surface area contributed by atoms with Crippen molar-refractivity contribution in [1.82, 2.24) is 0 Å². The predicted molar refractivity (Wildman–Crippen MR) is 78.9 cm³/mol. The summed E-state index contributed by atoms with van der Waals surface area (Å²) in [5.74, 6) is 1.79. The molecule has 19 heavy (non-hydrogen) atoms. The van der Waals surface area contributed by atoms with E-state index in [1.807, 2.05) is 24.3 Å². The van der Waals surface area contributed by atoms with Crippen molar-refractivity contribution in [2.45, 2.75) is 32.7 Å². The lowest BCUT2D eigenvalue weighted by Gasteiger charge is -2.12. The van der Waals surface area contributed by atoms with Crippen LogP contribution in [0.15, 0.2) is 30.9 Å². The number of hydrogen-bond donors (Lipinski definition) is 1. The maximum Gasteiger partial charge on any atom is 0.123 e. The molecule has 0 spiro atoms. The highest BCUT2D eigenvalue weighted by Crippen LogP contribution is 2.24. The summed E-state index contributed by atoms with van der Waals surface area (Å²) < 4.78 is 11.1. The van der Waals surface area contributed by atoms with Gasteiger partial charge in [-0.25, -0.2) is 0 Å². The normalized spacial score (nSPS) is 10.5. The summed E-state index contributed by atoms with van der Waals surface area (Å²) in [5, 5.41) is 2.32. The molecular formula is C16H26NO2+. The fourth-order valence-electron chi connectivity index (χ4n) is 1.86. The van der Waals surface area contributed by atoms with Crippen LogP contribution in [0.2, 0.25) is 0 Å². The zero-order chi connectivity index (χ0) is 14.1. The van der Waals surface area contributed by atoms with Gasteiger partial charge < -0.3 is 14.8 Å². The fraction of sp³-hybridized carbons (Fsp3) is 0.500. The number of allylic oxidation sites excluding steroid dienone is 1. The first kappa shape index (κ1) is 15.6. The van der Waals surface area contributed by atoms with Gasteiger partial charge >= 0.3 is 0 Å². The third kappa shape index (κ3) is 5.79. The average molecular weight is 264 g/mol. The highest BCUT2D eigenvalue weighted by molar-refractivity contribution is 5.41. The number of nitrogens with two attached hydrogens (primary N) is 1. The van der Waals surface area contributed by atoms with Gasteiger partial charge in [-0.05, 0) is 38.5 Å². The van der Waals surface area contributed by atoms with E-state index in [4.69, 9.17) is 9.47 Å². The first-order valence-electron chi connectivity index (χ1n) is 6.91. The van der Waals surface area contributed by atoms with Gasteiger partial charge in [0.25, 0.3) is 0 Å². The predicted octanol–water partition coefficient (Wildman–Crippen LogP) is 2.16. The molecule has 1 aromatic rings. The van der Waals surface area contributed by atoms with Crippen molar-refractivity contribution < 1.29 is 14.8 Å². The third-order valence-electron chi connectivity index (χ3n) is 2.88. The highest BCUT2D eigenvalue weighted by Gasteiger charge is 2.05. The summed E-state index contributed by atoms with van der Waals surface area (Å²) in [6.45, 7) is 10.0. The van der Waals surface area contributed by atoms with Gasteiger partial charge in [0, 0.05) is 12.0 Å². The molecule has 0 fully saturated rings. The number of hydrogen-bond acceptors (Lipinski definition) is 2.